The van der Waals surface area contributed by atoms with E-state index in [1.807, 2.05) is 44.2 Å². The first-order chi connectivity index (χ1) is 8.41. The Labute approximate surface area is 110 Å². The molecule has 0 aliphatic heterocycles. The molecule has 3 heteroatoms. The molecule has 0 radical (unpaired) electrons. The molecule has 0 atom stereocenters. The largest absolute Gasteiger partial charge is 0.323 e. The lowest BCUT2D eigenvalue weighted by atomic mass is 10.2. The van der Waals surface area contributed by atoms with Gasteiger partial charge in [0, 0.05) is 12.3 Å². The van der Waals surface area contributed by atoms with Crippen LogP contribution < -0.4 is 0 Å². The van der Waals surface area contributed by atoms with E-state index in [1.54, 1.807) is 0 Å². The van der Waals surface area contributed by atoms with Crippen molar-refractivity contribution in [2.45, 2.75) is 20.5 Å². The van der Waals surface area contributed by atoms with Crippen molar-refractivity contribution in [1.29, 1.82) is 0 Å². The van der Waals surface area contributed by atoms with Crippen LogP contribution in [0.5, 0.6) is 0 Å². The molecule has 1 rings (SSSR count). The summed E-state index contributed by atoms with van der Waals surface area (Å²) >= 11 is 0. The number of allylic oxidation sites excluding steroid dienone is 2. The van der Waals surface area contributed by atoms with E-state index >= 15 is 0 Å². The van der Waals surface area contributed by atoms with Crippen LogP contribution in [-0.2, 0) is 15.7 Å². The second-order valence-corrected chi connectivity index (χ2v) is 7.32. The van der Waals surface area contributed by atoms with Crippen molar-refractivity contribution in [3.63, 3.8) is 0 Å². The molecule has 0 saturated heterocycles. The summed E-state index contributed by atoms with van der Waals surface area (Å²) in [5.74, 6) is 0. The molecule has 0 spiro atoms. The van der Waals surface area contributed by atoms with Crippen molar-refractivity contribution in [3.05, 3.63) is 60.2 Å². The first-order valence-electron chi connectivity index (χ1n) is 5.96. The summed E-state index contributed by atoms with van der Waals surface area (Å²) < 4.78 is 18.3. The summed E-state index contributed by atoms with van der Waals surface area (Å²) in [7, 11) is -2.70. The van der Waals surface area contributed by atoms with Crippen LogP contribution in [0.2, 0.25) is 0 Å². The molecule has 0 fully saturated rings. The summed E-state index contributed by atoms with van der Waals surface area (Å²) in [4.78, 5) is 0. The standard InChI is InChI=1S/C15H21O2P/c1-13(2)11-18(16,12-14(3)4)17-10-15-8-6-5-7-9-15/h5-9H,1,3,10-12H2,2,4H3. The molecule has 1 aromatic rings. The first kappa shape index (κ1) is 14.9. The molecular formula is C15H21O2P. The Hall–Kier alpha value is -1.11. The molecule has 18 heavy (non-hydrogen) atoms. The van der Waals surface area contributed by atoms with Crippen LogP contribution >= 0.6 is 7.37 Å². The fraction of sp³-hybridized carbons (Fsp3) is 0.333. The van der Waals surface area contributed by atoms with Crippen molar-refractivity contribution in [1.82, 2.24) is 0 Å². The Morgan fingerprint density at radius 2 is 1.61 bits per heavy atom. The molecular weight excluding hydrogens is 243 g/mol. The van der Waals surface area contributed by atoms with Crippen molar-refractivity contribution in [3.8, 4) is 0 Å². The highest BCUT2D eigenvalue weighted by Gasteiger charge is 2.23. The predicted molar refractivity (Wildman–Crippen MR) is 78.2 cm³/mol. The van der Waals surface area contributed by atoms with E-state index in [9.17, 15) is 4.57 Å². The van der Waals surface area contributed by atoms with Gasteiger partial charge in [0.05, 0.1) is 6.61 Å². The van der Waals surface area contributed by atoms with Gasteiger partial charge in [-0.25, -0.2) is 0 Å². The highest BCUT2D eigenvalue weighted by Crippen LogP contribution is 2.50. The van der Waals surface area contributed by atoms with E-state index in [0.717, 1.165) is 16.7 Å². The van der Waals surface area contributed by atoms with Crippen LogP contribution in [0.15, 0.2) is 54.6 Å². The van der Waals surface area contributed by atoms with Crippen molar-refractivity contribution < 1.29 is 9.09 Å². The van der Waals surface area contributed by atoms with E-state index in [2.05, 4.69) is 13.2 Å². The normalized spacial score (nSPS) is 11.2. The maximum atomic E-state index is 12.7. The van der Waals surface area contributed by atoms with Gasteiger partial charge in [0.1, 0.15) is 0 Å². The molecule has 0 heterocycles. The highest BCUT2D eigenvalue weighted by atomic mass is 31.2. The summed E-state index contributed by atoms with van der Waals surface area (Å²) in [5.41, 5.74) is 2.79. The van der Waals surface area contributed by atoms with Crippen LogP contribution in [0.25, 0.3) is 0 Å². The summed E-state index contributed by atoms with van der Waals surface area (Å²) in [6.07, 6.45) is 0.847. The molecule has 0 aromatic heterocycles. The first-order valence-corrected chi connectivity index (χ1v) is 7.96. The third kappa shape index (κ3) is 5.48. The fourth-order valence-corrected chi connectivity index (χ4v) is 4.06. The van der Waals surface area contributed by atoms with Crippen LogP contribution in [0.1, 0.15) is 19.4 Å². The lowest BCUT2D eigenvalue weighted by Gasteiger charge is -2.19. The van der Waals surface area contributed by atoms with Crippen LogP contribution in [0.3, 0.4) is 0 Å². The van der Waals surface area contributed by atoms with Gasteiger partial charge in [0.15, 0.2) is 0 Å². The Kier molecular flexibility index (Phi) is 5.58. The lowest BCUT2D eigenvalue weighted by Crippen LogP contribution is -2.02. The second kappa shape index (κ2) is 6.72. The summed E-state index contributed by atoms with van der Waals surface area (Å²) in [5, 5.41) is 0. The van der Waals surface area contributed by atoms with Gasteiger partial charge in [-0.2, -0.15) is 0 Å². The zero-order valence-electron chi connectivity index (χ0n) is 11.2. The van der Waals surface area contributed by atoms with E-state index in [0.29, 0.717) is 18.9 Å². The van der Waals surface area contributed by atoms with E-state index in [-0.39, 0.29) is 0 Å². The second-order valence-electron chi connectivity index (χ2n) is 4.80. The molecule has 98 valence electrons. The van der Waals surface area contributed by atoms with Crippen LogP contribution in [0, 0.1) is 0 Å². The maximum absolute atomic E-state index is 12.7. The molecule has 0 N–H and O–H groups in total. The van der Waals surface area contributed by atoms with E-state index < -0.39 is 7.37 Å². The maximum Gasteiger partial charge on any atom is 0.211 e. The van der Waals surface area contributed by atoms with Gasteiger partial charge >= 0.3 is 0 Å². The SMILES string of the molecule is C=C(C)CP(=O)(CC(=C)C)OCc1ccccc1. The summed E-state index contributed by atoms with van der Waals surface area (Å²) in [6.45, 7) is 11.8. The van der Waals surface area contributed by atoms with Gasteiger partial charge in [-0.3, -0.25) is 4.57 Å². The average Bonchev–Trinajstić information content (AvgIpc) is 2.26. The minimum atomic E-state index is -2.70. The van der Waals surface area contributed by atoms with Gasteiger partial charge in [-0.1, -0.05) is 54.6 Å². The Morgan fingerprint density at radius 1 is 1.11 bits per heavy atom. The monoisotopic (exact) mass is 264 g/mol. The number of benzene rings is 1. The topological polar surface area (TPSA) is 26.3 Å². The molecule has 1 aromatic carbocycles. The van der Waals surface area contributed by atoms with E-state index in [4.69, 9.17) is 4.52 Å². The zero-order chi connectivity index (χ0) is 13.6. The molecule has 0 aliphatic rings. The molecule has 2 nitrogen and oxygen atoms in total. The average molecular weight is 264 g/mol. The molecule has 0 bridgehead atoms. The van der Waals surface area contributed by atoms with Crippen molar-refractivity contribution >= 4 is 7.37 Å². The van der Waals surface area contributed by atoms with Crippen molar-refractivity contribution in [2.75, 3.05) is 12.3 Å². The van der Waals surface area contributed by atoms with Crippen molar-refractivity contribution in [2.24, 2.45) is 0 Å². The van der Waals surface area contributed by atoms with Crippen LogP contribution in [-0.4, -0.2) is 12.3 Å². The van der Waals surface area contributed by atoms with Gasteiger partial charge in [-0.15, -0.1) is 0 Å². The Bertz CT molecular complexity index is 443. The smallest absolute Gasteiger partial charge is 0.211 e. The molecule has 0 amide bonds. The van der Waals surface area contributed by atoms with Gasteiger partial charge < -0.3 is 4.52 Å². The quantitative estimate of drug-likeness (QED) is 0.530. The Morgan fingerprint density at radius 3 is 2.06 bits per heavy atom. The number of hydrogen-bond donors (Lipinski definition) is 0. The number of rotatable bonds is 7. The highest BCUT2D eigenvalue weighted by molar-refractivity contribution is 7.59. The Balaban J connectivity index is 2.70. The predicted octanol–water partition coefficient (Wildman–Crippen LogP) is 4.63. The zero-order valence-corrected chi connectivity index (χ0v) is 12.1. The lowest BCUT2D eigenvalue weighted by molar-refractivity contribution is 0.305. The van der Waals surface area contributed by atoms with Gasteiger partial charge in [-0.05, 0) is 19.4 Å². The number of hydrogen-bond acceptors (Lipinski definition) is 2. The fourth-order valence-electron chi connectivity index (χ4n) is 1.74. The van der Waals surface area contributed by atoms with Crippen LogP contribution in [0.4, 0.5) is 0 Å². The third-order valence-corrected chi connectivity index (χ3v) is 4.97. The molecule has 0 unspecified atom stereocenters. The minimum Gasteiger partial charge on any atom is -0.323 e. The summed E-state index contributed by atoms with van der Waals surface area (Å²) in [6, 6.07) is 9.77. The molecule has 0 aliphatic carbocycles. The van der Waals surface area contributed by atoms with E-state index in [1.165, 1.54) is 0 Å². The molecule has 0 saturated carbocycles. The third-order valence-electron chi connectivity index (χ3n) is 2.33. The minimum absolute atomic E-state index is 0.374. The van der Waals surface area contributed by atoms with Gasteiger partial charge in [0.25, 0.3) is 0 Å². The van der Waals surface area contributed by atoms with Gasteiger partial charge in [0.2, 0.25) is 7.37 Å².